The van der Waals surface area contributed by atoms with Gasteiger partial charge in [-0.3, -0.25) is 0 Å². The van der Waals surface area contributed by atoms with Crippen molar-refractivity contribution in [2.24, 2.45) is 0 Å². The van der Waals surface area contributed by atoms with Crippen LogP contribution in [-0.2, 0) is 0 Å². The second kappa shape index (κ2) is 8.11. The van der Waals surface area contributed by atoms with Crippen molar-refractivity contribution in [1.82, 2.24) is 15.5 Å². The molecule has 0 saturated carbocycles. The van der Waals surface area contributed by atoms with Crippen molar-refractivity contribution in [3.8, 4) is 5.75 Å². The van der Waals surface area contributed by atoms with E-state index in [4.69, 9.17) is 4.74 Å². The summed E-state index contributed by atoms with van der Waals surface area (Å²) in [5.74, 6) is 1.92. The van der Waals surface area contributed by atoms with E-state index in [2.05, 4.69) is 39.5 Å². The molecule has 3 rings (SSSR count). The van der Waals surface area contributed by atoms with Gasteiger partial charge in [0.2, 0.25) is 0 Å². The third-order valence-electron chi connectivity index (χ3n) is 4.55. The van der Waals surface area contributed by atoms with Crippen LogP contribution in [0.1, 0.15) is 38.3 Å². The molecule has 24 heavy (non-hydrogen) atoms. The van der Waals surface area contributed by atoms with E-state index in [1.54, 1.807) is 6.20 Å². The largest absolute Gasteiger partial charge is 0.494 e. The number of anilines is 1. The number of ether oxygens (including phenoxy) is 1. The van der Waals surface area contributed by atoms with Gasteiger partial charge in [0.05, 0.1) is 6.61 Å². The molecule has 128 valence electrons. The van der Waals surface area contributed by atoms with Crippen molar-refractivity contribution in [3.63, 3.8) is 0 Å². The Labute approximate surface area is 144 Å². The lowest BCUT2D eigenvalue weighted by atomic mass is 10.0. The average molecular weight is 326 g/mol. The number of hydrogen-bond donors (Lipinski definition) is 1. The highest BCUT2D eigenvalue weighted by Crippen LogP contribution is 2.21. The molecule has 1 aromatic heterocycles. The highest BCUT2D eigenvalue weighted by molar-refractivity contribution is 5.37. The van der Waals surface area contributed by atoms with Crippen LogP contribution >= 0.6 is 0 Å². The number of hydrogen-bond acceptors (Lipinski definition) is 5. The van der Waals surface area contributed by atoms with Gasteiger partial charge >= 0.3 is 0 Å². The van der Waals surface area contributed by atoms with Gasteiger partial charge in [-0.25, -0.2) is 0 Å². The van der Waals surface area contributed by atoms with E-state index in [1.807, 2.05) is 31.2 Å². The van der Waals surface area contributed by atoms with E-state index in [0.717, 1.165) is 37.5 Å². The van der Waals surface area contributed by atoms with Crippen LogP contribution in [0.5, 0.6) is 5.75 Å². The van der Waals surface area contributed by atoms with Crippen molar-refractivity contribution in [3.05, 3.63) is 48.2 Å². The number of benzene rings is 1. The van der Waals surface area contributed by atoms with Gasteiger partial charge in [-0.2, -0.15) is 5.10 Å². The Balaban J connectivity index is 1.50. The highest BCUT2D eigenvalue weighted by atomic mass is 16.5. The Kier molecular flexibility index (Phi) is 5.64. The SMILES string of the molecule is CCOc1ccc(C(C)NC2CCN(c3cccnn3)CC2)cc1. The third kappa shape index (κ3) is 4.23. The summed E-state index contributed by atoms with van der Waals surface area (Å²) in [5.41, 5.74) is 1.30. The molecule has 2 heterocycles. The molecule has 2 aromatic rings. The van der Waals surface area contributed by atoms with Crippen LogP contribution in [0.25, 0.3) is 0 Å². The topological polar surface area (TPSA) is 50.3 Å². The summed E-state index contributed by atoms with van der Waals surface area (Å²) in [5, 5.41) is 11.9. The van der Waals surface area contributed by atoms with E-state index in [-0.39, 0.29) is 0 Å². The first-order valence-electron chi connectivity index (χ1n) is 8.77. The maximum absolute atomic E-state index is 5.51. The summed E-state index contributed by atoms with van der Waals surface area (Å²) in [6, 6.07) is 13.3. The molecular formula is C19H26N4O. The number of nitrogens with one attached hydrogen (secondary N) is 1. The molecule has 1 aliphatic heterocycles. The first-order valence-corrected chi connectivity index (χ1v) is 8.77. The molecule has 1 aliphatic rings. The summed E-state index contributed by atoms with van der Waals surface area (Å²) >= 11 is 0. The minimum absolute atomic E-state index is 0.341. The summed E-state index contributed by atoms with van der Waals surface area (Å²) in [4.78, 5) is 2.31. The maximum Gasteiger partial charge on any atom is 0.151 e. The van der Waals surface area contributed by atoms with Gasteiger partial charge in [0.25, 0.3) is 0 Å². The molecule has 5 heteroatoms. The summed E-state index contributed by atoms with van der Waals surface area (Å²) in [7, 11) is 0. The summed E-state index contributed by atoms with van der Waals surface area (Å²) in [6.45, 7) is 6.98. The van der Waals surface area contributed by atoms with Crippen molar-refractivity contribution in [2.75, 3.05) is 24.6 Å². The molecule has 1 unspecified atom stereocenters. The molecule has 1 atom stereocenters. The fraction of sp³-hybridized carbons (Fsp3) is 0.474. The first-order chi connectivity index (χ1) is 11.8. The zero-order valence-corrected chi connectivity index (χ0v) is 14.5. The Bertz CT molecular complexity index is 609. The standard InChI is InChI=1S/C19H26N4O/c1-3-24-18-8-6-16(7-9-18)15(2)21-17-10-13-23(14-11-17)19-5-4-12-20-22-19/h4-9,12,15,17,21H,3,10-11,13-14H2,1-2H3. The van der Waals surface area contributed by atoms with E-state index < -0.39 is 0 Å². The Morgan fingerprint density at radius 1 is 1.21 bits per heavy atom. The lowest BCUT2D eigenvalue weighted by molar-refractivity contribution is 0.339. The minimum atomic E-state index is 0.341. The molecule has 1 saturated heterocycles. The van der Waals surface area contributed by atoms with Crippen LogP contribution in [0, 0.1) is 0 Å². The molecule has 0 spiro atoms. The van der Waals surface area contributed by atoms with Gasteiger partial charge in [0, 0.05) is 31.4 Å². The lowest BCUT2D eigenvalue weighted by Gasteiger charge is -2.34. The Hall–Kier alpha value is -2.14. The monoisotopic (exact) mass is 326 g/mol. The normalized spacial score (nSPS) is 16.8. The molecule has 5 nitrogen and oxygen atoms in total. The number of rotatable bonds is 6. The zero-order chi connectivity index (χ0) is 16.8. The predicted octanol–water partition coefficient (Wildman–Crippen LogP) is 3.19. The van der Waals surface area contributed by atoms with Crippen molar-refractivity contribution < 1.29 is 4.74 Å². The summed E-state index contributed by atoms with van der Waals surface area (Å²) < 4.78 is 5.51. The third-order valence-corrected chi connectivity index (χ3v) is 4.55. The molecular weight excluding hydrogens is 300 g/mol. The van der Waals surface area contributed by atoms with Crippen LogP contribution in [0.3, 0.4) is 0 Å². The van der Waals surface area contributed by atoms with E-state index >= 15 is 0 Å². The second-order valence-electron chi connectivity index (χ2n) is 6.23. The average Bonchev–Trinajstić information content (AvgIpc) is 2.64. The van der Waals surface area contributed by atoms with Gasteiger partial charge in [-0.1, -0.05) is 12.1 Å². The van der Waals surface area contributed by atoms with Crippen molar-refractivity contribution in [2.45, 2.75) is 38.8 Å². The predicted molar refractivity (Wildman–Crippen MR) is 96.4 cm³/mol. The van der Waals surface area contributed by atoms with Crippen LogP contribution in [0.4, 0.5) is 5.82 Å². The van der Waals surface area contributed by atoms with Gasteiger partial charge < -0.3 is 15.0 Å². The first kappa shape index (κ1) is 16.7. The minimum Gasteiger partial charge on any atom is -0.494 e. The summed E-state index contributed by atoms with van der Waals surface area (Å²) in [6.07, 6.45) is 3.96. The molecule has 1 N–H and O–H groups in total. The maximum atomic E-state index is 5.51. The fourth-order valence-electron chi connectivity index (χ4n) is 3.21. The molecule has 0 aliphatic carbocycles. The van der Waals surface area contributed by atoms with Gasteiger partial charge in [-0.05, 0) is 56.5 Å². The van der Waals surface area contributed by atoms with E-state index in [1.165, 1.54) is 5.56 Å². The molecule has 0 amide bonds. The fourth-order valence-corrected chi connectivity index (χ4v) is 3.21. The van der Waals surface area contributed by atoms with Gasteiger partial charge in [0.15, 0.2) is 5.82 Å². The lowest BCUT2D eigenvalue weighted by Crippen LogP contribution is -2.43. The van der Waals surface area contributed by atoms with Crippen LogP contribution in [0.15, 0.2) is 42.6 Å². The van der Waals surface area contributed by atoms with E-state index in [9.17, 15) is 0 Å². The number of aromatic nitrogens is 2. The smallest absolute Gasteiger partial charge is 0.151 e. The second-order valence-corrected chi connectivity index (χ2v) is 6.23. The van der Waals surface area contributed by atoms with Gasteiger partial charge in [-0.15, -0.1) is 5.10 Å². The Morgan fingerprint density at radius 3 is 2.58 bits per heavy atom. The van der Waals surface area contributed by atoms with E-state index in [0.29, 0.717) is 18.7 Å². The molecule has 0 radical (unpaired) electrons. The quantitative estimate of drug-likeness (QED) is 0.883. The molecule has 0 bridgehead atoms. The molecule has 1 aromatic carbocycles. The van der Waals surface area contributed by atoms with Crippen molar-refractivity contribution >= 4 is 5.82 Å². The Morgan fingerprint density at radius 2 is 1.96 bits per heavy atom. The molecule has 1 fully saturated rings. The van der Waals surface area contributed by atoms with Crippen molar-refractivity contribution in [1.29, 1.82) is 0 Å². The van der Waals surface area contributed by atoms with Gasteiger partial charge in [0.1, 0.15) is 5.75 Å². The number of piperidine rings is 1. The van der Waals surface area contributed by atoms with Crippen LogP contribution in [-0.4, -0.2) is 35.9 Å². The highest BCUT2D eigenvalue weighted by Gasteiger charge is 2.21. The van der Waals surface area contributed by atoms with Crippen LogP contribution < -0.4 is 15.0 Å². The zero-order valence-electron chi connectivity index (χ0n) is 14.5. The number of nitrogens with zero attached hydrogens (tertiary/aromatic N) is 3. The van der Waals surface area contributed by atoms with Crippen LogP contribution in [0.2, 0.25) is 0 Å².